The number of pyridine rings is 1. The monoisotopic (exact) mass is 631 g/mol. The lowest BCUT2D eigenvalue weighted by Gasteiger charge is -2.15. The molecule has 0 saturated carbocycles. The zero-order chi connectivity index (χ0) is 32.0. The van der Waals surface area contributed by atoms with Crippen molar-refractivity contribution in [3.05, 3.63) is 168 Å². The molecule has 6 aromatic carbocycles. The van der Waals surface area contributed by atoms with Gasteiger partial charge in [-0.25, -0.2) is 4.98 Å². The first-order chi connectivity index (χ1) is 23.7. The fraction of sp³-hybridized carbons (Fsp3) is 0.0455. The minimum Gasteiger partial charge on any atom is -0.309 e. The Bertz CT molecular complexity index is 2480. The number of para-hydroxylation sites is 1. The molecule has 0 bridgehead atoms. The summed E-state index contributed by atoms with van der Waals surface area (Å²) in [6.45, 7) is 0. The van der Waals surface area contributed by atoms with E-state index in [0.717, 1.165) is 67.1 Å². The molecular weight excluding hydrogens is 603 g/mol. The van der Waals surface area contributed by atoms with Crippen molar-refractivity contribution in [1.29, 1.82) is 5.26 Å². The van der Waals surface area contributed by atoms with Gasteiger partial charge < -0.3 is 4.57 Å². The summed E-state index contributed by atoms with van der Waals surface area (Å²) in [7, 11) is 0. The minimum absolute atomic E-state index is 0.676. The Morgan fingerprint density at radius 3 is 1.96 bits per heavy atom. The van der Waals surface area contributed by atoms with Gasteiger partial charge in [-0.05, 0) is 88.0 Å². The zero-order valence-electron chi connectivity index (χ0n) is 26.1. The molecule has 0 aliphatic carbocycles. The predicted molar refractivity (Wildman–Crippen MR) is 200 cm³/mol. The molecular formula is C44H29N3S. The first-order valence-electron chi connectivity index (χ1n) is 16.1. The second-order valence-corrected chi connectivity index (χ2v) is 13.2. The molecule has 0 radical (unpaired) electrons. The fourth-order valence-electron chi connectivity index (χ4n) is 7.04. The average Bonchev–Trinajstić information content (AvgIpc) is 3.37. The average molecular weight is 632 g/mol. The third-order valence-electron chi connectivity index (χ3n) is 9.36. The molecule has 0 fully saturated rings. The van der Waals surface area contributed by atoms with E-state index in [0.29, 0.717) is 5.56 Å². The lowest BCUT2D eigenvalue weighted by Crippen LogP contribution is -1.97. The SMILES string of the molecule is N#Cc1ccc2c(c1)c1ccccc1n2-c1ccc2c(c1)-c1ccc(-c3cc(-c4ccccc4)nc(-c4ccccc4)c3)cc1CSC2. The van der Waals surface area contributed by atoms with Gasteiger partial charge in [0.15, 0.2) is 0 Å². The number of nitrogens with zero attached hydrogens (tertiary/aromatic N) is 3. The molecule has 226 valence electrons. The van der Waals surface area contributed by atoms with Gasteiger partial charge >= 0.3 is 0 Å². The molecule has 3 nitrogen and oxygen atoms in total. The van der Waals surface area contributed by atoms with Gasteiger partial charge in [0.05, 0.1) is 34.1 Å². The van der Waals surface area contributed by atoms with Gasteiger partial charge in [0.25, 0.3) is 0 Å². The van der Waals surface area contributed by atoms with Crippen LogP contribution < -0.4 is 0 Å². The van der Waals surface area contributed by atoms with Crippen LogP contribution in [0.5, 0.6) is 0 Å². The van der Waals surface area contributed by atoms with Crippen molar-refractivity contribution in [1.82, 2.24) is 9.55 Å². The number of aromatic nitrogens is 2. The van der Waals surface area contributed by atoms with Gasteiger partial charge in [0, 0.05) is 39.1 Å². The number of rotatable bonds is 4. The topological polar surface area (TPSA) is 41.6 Å². The number of fused-ring (bicyclic) bond motifs is 6. The van der Waals surface area contributed by atoms with Crippen LogP contribution in [-0.4, -0.2) is 9.55 Å². The van der Waals surface area contributed by atoms with Gasteiger partial charge in [0.2, 0.25) is 0 Å². The zero-order valence-corrected chi connectivity index (χ0v) is 26.9. The van der Waals surface area contributed by atoms with Gasteiger partial charge in [0.1, 0.15) is 0 Å². The van der Waals surface area contributed by atoms with E-state index in [1.807, 2.05) is 36.0 Å². The molecule has 0 saturated heterocycles. The summed E-state index contributed by atoms with van der Waals surface area (Å²) in [4.78, 5) is 5.10. The van der Waals surface area contributed by atoms with Crippen LogP contribution in [0.15, 0.2) is 152 Å². The van der Waals surface area contributed by atoms with Crippen molar-refractivity contribution < 1.29 is 0 Å². The maximum absolute atomic E-state index is 9.61. The highest BCUT2D eigenvalue weighted by molar-refractivity contribution is 7.97. The first-order valence-corrected chi connectivity index (χ1v) is 17.3. The van der Waals surface area contributed by atoms with E-state index < -0.39 is 0 Å². The van der Waals surface area contributed by atoms with Crippen molar-refractivity contribution in [2.75, 3.05) is 0 Å². The Morgan fingerprint density at radius 1 is 0.521 bits per heavy atom. The largest absolute Gasteiger partial charge is 0.309 e. The fourth-order valence-corrected chi connectivity index (χ4v) is 8.07. The van der Waals surface area contributed by atoms with Gasteiger partial charge in [-0.15, -0.1) is 0 Å². The van der Waals surface area contributed by atoms with Crippen LogP contribution in [-0.2, 0) is 11.5 Å². The first kappa shape index (κ1) is 28.3. The van der Waals surface area contributed by atoms with Crippen molar-refractivity contribution in [3.8, 4) is 56.5 Å². The molecule has 1 aliphatic rings. The van der Waals surface area contributed by atoms with E-state index in [2.05, 4.69) is 138 Å². The van der Waals surface area contributed by atoms with E-state index in [1.165, 1.54) is 27.8 Å². The van der Waals surface area contributed by atoms with Crippen molar-refractivity contribution in [2.45, 2.75) is 11.5 Å². The normalized spacial score (nSPS) is 12.3. The molecule has 0 amide bonds. The Kier molecular flexibility index (Phi) is 6.92. The maximum Gasteiger partial charge on any atom is 0.0991 e. The van der Waals surface area contributed by atoms with Gasteiger partial charge in [-0.3, -0.25) is 0 Å². The summed E-state index contributed by atoms with van der Waals surface area (Å²) < 4.78 is 2.34. The summed E-state index contributed by atoms with van der Waals surface area (Å²) in [5.74, 6) is 1.91. The number of hydrogen-bond donors (Lipinski definition) is 0. The van der Waals surface area contributed by atoms with Crippen molar-refractivity contribution >= 4 is 33.6 Å². The van der Waals surface area contributed by atoms with Crippen LogP contribution in [0.25, 0.3) is 72.3 Å². The lowest BCUT2D eigenvalue weighted by atomic mass is 9.92. The van der Waals surface area contributed by atoms with Crippen LogP contribution in [0.4, 0.5) is 0 Å². The Labute approximate surface area is 283 Å². The molecule has 9 rings (SSSR count). The van der Waals surface area contributed by atoms with Gasteiger partial charge in [-0.2, -0.15) is 17.0 Å². The number of benzene rings is 6. The van der Waals surface area contributed by atoms with E-state index in [1.54, 1.807) is 0 Å². The van der Waals surface area contributed by atoms with E-state index in [9.17, 15) is 5.26 Å². The summed E-state index contributed by atoms with van der Waals surface area (Å²) in [5.41, 5.74) is 15.8. The van der Waals surface area contributed by atoms with E-state index in [-0.39, 0.29) is 0 Å². The van der Waals surface area contributed by atoms with Crippen LogP contribution in [0, 0.1) is 11.3 Å². The van der Waals surface area contributed by atoms with Crippen LogP contribution in [0.2, 0.25) is 0 Å². The van der Waals surface area contributed by atoms with Crippen molar-refractivity contribution in [2.24, 2.45) is 0 Å². The number of nitriles is 1. The van der Waals surface area contributed by atoms with Gasteiger partial charge in [-0.1, -0.05) is 97.1 Å². The van der Waals surface area contributed by atoms with E-state index >= 15 is 0 Å². The highest BCUT2D eigenvalue weighted by Crippen LogP contribution is 2.41. The molecule has 2 aromatic heterocycles. The summed E-state index contributed by atoms with van der Waals surface area (Å²) >= 11 is 1.97. The Hall–Kier alpha value is -5.89. The number of hydrogen-bond acceptors (Lipinski definition) is 3. The second kappa shape index (κ2) is 11.7. The second-order valence-electron chi connectivity index (χ2n) is 12.3. The third-order valence-corrected chi connectivity index (χ3v) is 10.4. The Morgan fingerprint density at radius 2 is 1.21 bits per heavy atom. The quantitative estimate of drug-likeness (QED) is 0.194. The molecule has 0 spiro atoms. The molecule has 8 aromatic rings. The maximum atomic E-state index is 9.61. The molecule has 48 heavy (non-hydrogen) atoms. The molecule has 1 aliphatic heterocycles. The summed E-state index contributed by atoms with van der Waals surface area (Å²) in [6.07, 6.45) is 0. The molecule has 3 heterocycles. The molecule has 0 atom stereocenters. The highest BCUT2D eigenvalue weighted by atomic mass is 32.2. The third kappa shape index (κ3) is 4.88. The standard InChI is InChI=1S/C44H29N3S/c45-26-29-15-20-44-40(21-29)38-13-7-8-14-43(38)47(44)36-18-16-33-27-48-28-35-22-32(17-19-37(35)39(33)25-36)34-23-41(30-9-3-1-4-10-30)46-42(24-34)31-11-5-2-6-12-31/h1-25H,27-28H2. The molecule has 4 heteroatoms. The molecule has 0 unspecified atom stereocenters. The minimum atomic E-state index is 0.676. The van der Waals surface area contributed by atoms with E-state index in [4.69, 9.17) is 4.98 Å². The summed E-state index contributed by atoms with van der Waals surface area (Å²) in [5, 5.41) is 11.9. The van der Waals surface area contributed by atoms with Crippen molar-refractivity contribution in [3.63, 3.8) is 0 Å². The Balaban J connectivity index is 1.18. The smallest absolute Gasteiger partial charge is 0.0991 e. The van der Waals surface area contributed by atoms with Crippen LogP contribution >= 0.6 is 11.8 Å². The highest BCUT2D eigenvalue weighted by Gasteiger charge is 2.19. The van der Waals surface area contributed by atoms with Crippen LogP contribution in [0.1, 0.15) is 16.7 Å². The molecule has 0 N–H and O–H groups in total. The number of thioether (sulfide) groups is 1. The predicted octanol–water partition coefficient (Wildman–Crippen LogP) is 11.5. The van der Waals surface area contributed by atoms with Crippen LogP contribution in [0.3, 0.4) is 0 Å². The lowest BCUT2D eigenvalue weighted by molar-refractivity contribution is 1.17. The summed E-state index contributed by atoms with van der Waals surface area (Å²) in [6, 6.07) is 56.0.